The van der Waals surface area contributed by atoms with Crippen molar-refractivity contribution in [1.29, 1.82) is 0 Å². The van der Waals surface area contributed by atoms with Crippen LogP contribution in [0.2, 0.25) is 0 Å². The first-order valence-electron chi connectivity index (χ1n) is 11.5. The molecule has 34 heavy (non-hydrogen) atoms. The fraction of sp³-hybridized carbons (Fsp3) is 0.172. The molecule has 0 atom stereocenters. The minimum Gasteiger partial charge on any atom is -0.494 e. The van der Waals surface area contributed by atoms with Crippen LogP contribution in [-0.4, -0.2) is 21.1 Å². The lowest BCUT2D eigenvalue weighted by molar-refractivity contribution is 0.340. The van der Waals surface area contributed by atoms with Gasteiger partial charge in [0.1, 0.15) is 22.7 Å². The van der Waals surface area contributed by atoms with E-state index in [1.165, 1.54) is 16.7 Å². The summed E-state index contributed by atoms with van der Waals surface area (Å²) in [6, 6.07) is 25.3. The Hall–Kier alpha value is -3.57. The molecule has 0 unspecified atom stereocenters. The zero-order chi connectivity index (χ0) is 23.5. The number of aryl methyl sites for hydroxylation is 2. The Morgan fingerprint density at radius 2 is 1.71 bits per heavy atom. The SMILES string of the molecule is CCOc1ccc(-n2cc(-c3ccccc3)c3c(SCc4ccc(C)cc4C)ncnc32)cc1. The van der Waals surface area contributed by atoms with Crippen LogP contribution in [0, 0.1) is 13.8 Å². The highest BCUT2D eigenvalue weighted by molar-refractivity contribution is 7.98. The Morgan fingerprint density at radius 1 is 0.912 bits per heavy atom. The third-order valence-electron chi connectivity index (χ3n) is 5.92. The Balaban J connectivity index is 1.61. The molecule has 0 spiro atoms. The number of fused-ring (bicyclic) bond motifs is 1. The Labute approximate surface area is 204 Å². The molecule has 0 amide bonds. The molecule has 0 bridgehead atoms. The molecule has 0 fully saturated rings. The maximum absolute atomic E-state index is 5.63. The number of aromatic nitrogens is 3. The summed E-state index contributed by atoms with van der Waals surface area (Å²) in [7, 11) is 0. The zero-order valence-electron chi connectivity index (χ0n) is 19.7. The average Bonchev–Trinajstić information content (AvgIpc) is 3.25. The van der Waals surface area contributed by atoms with Crippen LogP contribution in [0.4, 0.5) is 0 Å². The lowest BCUT2D eigenvalue weighted by atomic mass is 10.1. The molecule has 0 aliphatic heterocycles. The Morgan fingerprint density at radius 3 is 2.44 bits per heavy atom. The van der Waals surface area contributed by atoms with Crippen molar-refractivity contribution >= 4 is 22.8 Å². The fourth-order valence-electron chi connectivity index (χ4n) is 4.20. The molecule has 170 valence electrons. The minimum absolute atomic E-state index is 0.651. The molecule has 0 aliphatic carbocycles. The van der Waals surface area contributed by atoms with Gasteiger partial charge >= 0.3 is 0 Å². The van der Waals surface area contributed by atoms with E-state index in [9.17, 15) is 0 Å². The van der Waals surface area contributed by atoms with Crippen molar-refractivity contribution < 1.29 is 4.74 Å². The van der Waals surface area contributed by atoms with E-state index in [0.29, 0.717) is 6.61 Å². The molecule has 5 heteroatoms. The van der Waals surface area contributed by atoms with Crippen LogP contribution in [0.1, 0.15) is 23.6 Å². The molecular weight excluding hydrogens is 438 g/mol. The number of ether oxygens (including phenoxy) is 1. The number of nitrogens with zero attached hydrogens (tertiary/aromatic N) is 3. The van der Waals surface area contributed by atoms with Crippen molar-refractivity contribution in [3.63, 3.8) is 0 Å². The molecule has 0 saturated heterocycles. The molecule has 5 rings (SSSR count). The smallest absolute Gasteiger partial charge is 0.149 e. The van der Waals surface area contributed by atoms with Crippen LogP contribution in [0.5, 0.6) is 5.75 Å². The second-order valence-corrected chi connectivity index (χ2v) is 9.27. The average molecular weight is 466 g/mol. The van der Waals surface area contributed by atoms with E-state index in [4.69, 9.17) is 14.7 Å². The second kappa shape index (κ2) is 9.74. The Kier molecular flexibility index (Phi) is 6.37. The molecule has 3 aromatic carbocycles. The first-order valence-corrected chi connectivity index (χ1v) is 12.5. The quantitative estimate of drug-likeness (QED) is 0.185. The van der Waals surface area contributed by atoms with Gasteiger partial charge in [-0.3, -0.25) is 0 Å². The summed E-state index contributed by atoms with van der Waals surface area (Å²) < 4.78 is 7.78. The van der Waals surface area contributed by atoms with E-state index in [1.54, 1.807) is 18.1 Å². The first kappa shape index (κ1) is 22.2. The van der Waals surface area contributed by atoms with Crippen molar-refractivity contribution in [2.24, 2.45) is 0 Å². The molecule has 0 aliphatic rings. The number of rotatable bonds is 7. The van der Waals surface area contributed by atoms with Crippen molar-refractivity contribution in [2.75, 3.05) is 6.61 Å². The fourth-order valence-corrected chi connectivity index (χ4v) is 5.28. The third kappa shape index (κ3) is 4.44. The van der Waals surface area contributed by atoms with Gasteiger partial charge in [-0.25, -0.2) is 9.97 Å². The monoisotopic (exact) mass is 465 g/mol. The summed E-state index contributed by atoms with van der Waals surface area (Å²) in [5, 5.41) is 2.07. The maximum Gasteiger partial charge on any atom is 0.149 e. The van der Waals surface area contributed by atoms with Crippen molar-refractivity contribution in [3.8, 4) is 22.6 Å². The number of hydrogen-bond donors (Lipinski definition) is 0. The molecular formula is C29H27N3OS. The highest BCUT2D eigenvalue weighted by atomic mass is 32.2. The van der Waals surface area contributed by atoms with Crippen LogP contribution >= 0.6 is 11.8 Å². The van der Waals surface area contributed by atoms with Gasteiger partial charge in [0.15, 0.2) is 0 Å². The van der Waals surface area contributed by atoms with Gasteiger partial charge in [0.05, 0.1) is 12.0 Å². The molecule has 0 radical (unpaired) electrons. The standard InChI is InChI=1S/C29H27N3OS/c1-4-33-25-14-12-24(13-15-25)32-17-26(22-8-6-5-7-9-22)27-28(32)30-19-31-29(27)34-18-23-11-10-20(2)16-21(23)3/h5-17,19H,4,18H2,1-3H3. The lowest BCUT2D eigenvalue weighted by Crippen LogP contribution is -1.96. The number of benzene rings is 3. The van der Waals surface area contributed by atoms with E-state index in [0.717, 1.165) is 44.4 Å². The highest BCUT2D eigenvalue weighted by Crippen LogP contribution is 2.38. The summed E-state index contributed by atoms with van der Waals surface area (Å²) in [6.07, 6.45) is 3.85. The van der Waals surface area contributed by atoms with Gasteiger partial charge in [0.2, 0.25) is 0 Å². The van der Waals surface area contributed by atoms with Gasteiger partial charge in [-0.05, 0) is 61.7 Å². The number of thioether (sulfide) groups is 1. The van der Waals surface area contributed by atoms with E-state index in [1.807, 2.05) is 25.1 Å². The van der Waals surface area contributed by atoms with Crippen LogP contribution in [0.25, 0.3) is 27.8 Å². The van der Waals surface area contributed by atoms with Crippen LogP contribution in [0.15, 0.2) is 90.3 Å². The maximum atomic E-state index is 5.63. The lowest BCUT2D eigenvalue weighted by Gasteiger charge is -2.09. The van der Waals surface area contributed by atoms with Gasteiger partial charge < -0.3 is 9.30 Å². The largest absolute Gasteiger partial charge is 0.494 e. The molecule has 2 heterocycles. The molecule has 2 aromatic heterocycles. The second-order valence-electron chi connectivity index (χ2n) is 8.30. The zero-order valence-corrected chi connectivity index (χ0v) is 20.5. The summed E-state index contributed by atoms with van der Waals surface area (Å²) in [5.74, 6) is 1.73. The van der Waals surface area contributed by atoms with Crippen molar-refractivity contribution in [1.82, 2.24) is 14.5 Å². The summed E-state index contributed by atoms with van der Waals surface area (Å²) in [6.45, 7) is 6.95. The molecule has 0 N–H and O–H groups in total. The summed E-state index contributed by atoms with van der Waals surface area (Å²) >= 11 is 1.76. The molecule has 4 nitrogen and oxygen atoms in total. The van der Waals surface area contributed by atoms with Crippen LogP contribution in [0.3, 0.4) is 0 Å². The topological polar surface area (TPSA) is 39.9 Å². The predicted molar refractivity (Wildman–Crippen MR) is 141 cm³/mol. The van der Waals surface area contributed by atoms with Gasteiger partial charge in [-0.2, -0.15) is 0 Å². The molecule has 0 saturated carbocycles. The van der Waals surface area contributed by atoms with Crippen LogP contribution < -0.4 is 4.74 Å². The van der Waals surface area contributed by atoms with Gasteiger partial charge in [-0.1, -0.05) is 54.1 Å². The molecule has 5 aromatic rings. The summed E-state index contributed by atoms with van der Waals surface area (Å²) in [5.41, 5.74) is 8.16. The van der Waals surface area contributed by atoms with Gasteiger partial charge in [0.25, 0.3) is 0 Å². The van der Waals surface area contributed by atoms with Gasteiger partial charge in [0, 0.05) is 23.2 Å². The van der Waals surface area contributed by atoms with Gasteiger partial charge in [-0.15, -0.1) is 11.8 Å². The van der Waals surface area contributed by atoms with Crippen LogP contribution in [-0.2, 0) is 5.75 Å². The normalized spacial score (nSPS) is 11.1. The summed E-state index contributed by atoms with van der Waals surface area (Å²) in [4.78, 5) is 9.43. The van der Waals surface area contributed by atoms with Crippen molar-refractivity contribution in [3.05, 3.63) is 102 Å². The van der Waals surface area contributed by atoms with E-state index in [-0.39, 0.29) is 0 Å². The first-order chi connectivity index (χ1) is 16.6. The highest BCUT2D eigenvalue weighted by Gasteiger charge is 2.18. The predicted octanol–water partition coefficient (Wildman–Crippen LogP) is 7.40. The number of hydrogen-bond acceptors (Lipinski definition) is 4. The third-order valence-corrected chi connectivity index (χ3v) is 6.96. The van der Waals surface area contributed by atoms with E-state index in [2.05, 4.69) is 79.2 Å². The minimum atomic E-state index is 0.651. The van der Waals surface area contributed by atoms with Crippen molar-refractivity contribution in [2.45, 2.75) is 31.6 Å². The van der Waals surface area contributed by atoms with E-state index < -0.39 is 0 Å². The van der Waals surface area contributed by atoms with E-state index >= 15 is 0 Å². The Bertz CT molecular complexity index is 1430.